The molecular weight excluding hydrogens is 228 g/mol. The van der Waals surface area contributed by atoms with Crippen molar-refractivity contribution in [3.8, 4) is 5.75 Å². The van der Waals surface area contributed by atoms with Crippen LogP contribution in [0.25, 0.3) is 0 Å². The van der Waals surface area contributed by atoms with Crippen molar-refractivity contribution < 1.29 is 14.3 Å². The second-order valence-electron chi connectivity index (χ2n) is 3.49. The number of carbonyl (C=O) groups excluding carboxylic acids is 1. The van der Waals surface area contributed by atoms with Crippen molar-refractivity contribution in [3.63, 3.8) is 0 Å². The summed E-state index contributed by atoms with van der Waals surface area (Å²) >= 11 is 5.85. The van der Waals surface area contributed by atoms with E-state index < -0.39 is 0 Å². The van der Waals surface area contributed by atoms with Gasteiger partial charge in [-0.1, -0.05) is 6.07 Å². The van der Waals surface area contributed by atoms with E-state index in [0.717, 1.165) is 16.7 Å². The maximum absolute atomic E-state index is 11.3. The molecule has 0 spiro atoms. The summed E-state index contributed by atoms with van der Waals surface area (Å²) in [5, 5.41) is 0. The Labute approximate surface area is 100 Å². The highest BCUT2D eigenvalue weighted by Gasteiger charge is 2.14. The molecule has 0 heterocycles. The minimum absolute atomic E-state index is 0.183. The molecule has 0 aliphatic carbocycles. The number of carbonyl (C=O) groups is 1. The second-order valence-corrected chi connectivity index (χ2v) is 3.76. The van der Waals surface area contributed by atoms with Gasteiger partial charge in [-0.25, -0.2) is 0 Å². The SMILES string of the molecule is COC(=O)Cc1c(CCl)cc(C)cc1OC. The maximum atomic E-state index is 11.3. The highest BCUT2D eigenvalue weighted by atomic mass is 35.5. The molecule has 0 saturated carbocycles. The minimum atomic E-state index is -0.298. The van der Waals surface area contributed by atoms with Crippen LogP contribution in [0.1, 0.15) is 16.7 Å². The van der Waals surface area contributed by atoms with Gasteiger partial charge in [0.05, 0.1) is 20.6 Å². The predicted octanol–water partition coefficient (Wildman–Crippen LogP) is 2.46. The van der Waals surface area contributed by atoms with Crippen molar-refractivity contribution in [1.82, 2.24) is 0 Å². The normalized spacial score (nSPS) is 10.0. The fourth-order valence-electron chi connectivity index (χ4n) is 1.57. The number of alkyl halides is 1. The summed E-state index contributed by atoms with van der Waals surface area (Å²) in [5.74, 6) is 0.735. The zero-order valence-electron chi connectivity index (χ0n) is 9.67. The van der Waals surface area contributed by atoms with E-state index in [1.165, 1.54) is 7.11 Å². The Morgan fingerprint density at radius 1 is 1.38 bits per heavy atom. The molecule has 0 fully saturated rings. The molecule has 0 radical (unpaired) electrons. The number of hydrogen-bond donors (Lipinski definition) is 0. The molecule has 0 N–H and O–H groups in total. The van der Waals surface area contributed by atoms with Gasteiger partial charge in [-0.2, -0.15) is 0 Å². The lowest BCUT2D eigenvalue weighted by Gasteiger charge is -2.13. The molecule has 1 aromatic carbocycles. The van der Waals surface area contributed by atoms with Crippen LogP contribution in [-0.4, -0.2) is 20.2 Å². The van der Waals surface area contributed by atoms with Gasteiger partial charge in [0.15, 0.2) is 0 Å². The third-order valence-electron chi connectivity index (χ3n) is 2.36. The van der Waals surface area contributed by atoms with Crippen LogP contribution in [0.3, 0.4) is 0 Å². The van der Waals surface area contributed by atoms with Crippen molar-refractivity contribution in [3.05, 3.63) is 28.8 Å². The Morgan fingerprint density at radius 3 is 2.56 bits per heavy atom. The van der Waals surface area contributed by atoms with Gasteiger partial charge in [-0.15, -0.1) is 11.6 Å². The zero-order valence-corrected chi connectivity index (χ0v) is 10.4. The first-order valence-corrected chi connectivity index (χ1v) is 5.45. The molecule has 4 heteroatoms. The van der Waals surface area contributed by atoms with E-state index in [0.29, 0.717) is 11.6 Å². The van der Waals surface area contributed by atoms with Crippen LogP contribution in [-0.2, 0) is 21.8 Å². The summed E-state index contributed by atoms with van der Waals surface area (Å²) in [5.41, 5.74) is 2.76. The topological polar surface area (TPSA) is 35.5 Å². The van der Waals surface area contributed by atoms with Gasteiger partial charge in [-0.3, -0.25) is 4.79 Å². The summed E-state index contributed by atoms with van der Waals surface area (Å²) in [4.78, 5) is 11.3. The Morgan fingerprint density at radius 2 is 2.06 bits per heavy atom. The Balaban J connectivity index is 3.16. The van der Waals surface area contributed by atoms with Gasteiger partial charge < -0.3 is 9.47 Å². The van der Waals surface area contributed by atoms with Crippen LogP contribution in [0.5, 0.6) is 5.75 Å². The van der Waals surface area contributed by atoms with Crippen molar-refractivity contribution >= 4 is 17.6 Å². The number of rotatable bonds is 4. The van der Waals surface area contributed by atoms with E-state index in [9.17, 15) is 4.79 Å². The van der Waals surface area contributed by atoms with Crippen LogP contribution >= 0.6 is 11.6 Å². The number of aryl methyl sites for hydroxylation is 1. The first-order valence-electron chi connectivity index (χ1n) is 4.91. The summed E-state index contributed by atoms with van der Waals surface area (Å²) in [6, 6.07) is 3.84. The third kappa shape index (κ3) is 2.89. The summed E-state index contributed by atoms with van der Waals surface area (Å²) in [7, 11) is 2.94. The predicted molar refractivity (Wildman–Crippen MR) is 63.0 cm³/mol. The van der Waals surface area contributed by atoms with Crippen LogP contribution in [0, 0.1) is 6.92 Å². The Kier molecular flexibility index (Phi) is 4.62. The molecule has 0 unspecified atom stereocenters. The van der Waals surface area contributed by atoms with Gasteiger partial charge in [-0.05, 0) is 24.1 Å². The van der Waals surface area contributed by atoms with E-state index in [2.05, 4.69) is 4.74 Å². The molecule has 0 atom stereocenters. The summed E-state index contributed by atoms with van der Waals surface area (Å²) < 4.78 is 9.89. The highest BCUT2D eigenvalue weighted by Crippen LogP contribution is 2.26. The first-order chi connectivity index (χ1) is 7.62. The van der Waals surface area contributed by atoms with E-state index >= 15 is 0 Å². The molecule has 0 aromatic heterocycles. The van der Waals surface area contributed by atoms with Crippen molar-refractivity contribution in [2.45, 2.75) is 19.2 Å². The van der Waals surface area contributed by atoms with Crippen molar-refractivity contribution in [2.75, 3.05) is 14.2 Å². The number of halogens is 1. The Hall–Kier alpha value is -1.22. The summed E-state index contributed by atoms with van der Waals surface area (Å²) in [6.07, 6.45) is 0.183. The second kappa shape index (κ2) is 5.75. The largest absolute Gasteiger partial charge is 0.496 e. The number of hydrogen-bond acceptors (Lipinski definition) is 3. The summed E-state index contributed by atoms with van der Waals surface area (Å²) in [6.45, 7) is 1.96. The number of esters is 1. The van der Waals surface area contributed by atoms with Crippen LogP contribution in [0.2, 0.25) is 0 Å². The molecule has 88 valence electrons. The van der Waals surface area contributed by atoms with E-state index in [-0.39, 0.29) is 12.4 Å². The fourth-order valence-corrected chi connectivity index (χ4v) is 1.81. The smallest absolute Gasteiger partial charge is 0.310 e. The standard InChI is InChI=1S/C12H15ClO3/c1-8-4-9(7-13)10(6-12(14)16-3)11(5-8)15-2/h4-5H,6-7H2,1-3H3. The minimum Gasteiger partial charge on any atom is -0.496 e. The molecule has 0 bridgehead atoms. The van der Waals surface area contributed by atoms with Crippen LogP contribution in [0.4, 0.5) is 0 Å². The maximum Gasteiger partial charge on any atom is 0.310 e. The molecule has 16 heavy (non-hydrogen) atoms. The van der Waals surface area contributed by atoms with Gasteiger partial charge >= 0.3 is 5.97 Å². The van der Waals surface area contributed by atoms with Crippen molar-refractivity contribution in [2.24, 2.45) is 0 Å². The lowest BCUT2D eigenvalue weighted by Crippen LogP contribution is -2.08. The highest BCUT2D eigenvalue weighted by molar-refractivity contribution is 6.17. The number of benzene rings is 1. The van der Waals surface area contributed by atoms with Gasteiger partial charge in [0.2, 0.25) is 0 Å². The molecule has 3 nitrogen and oxygen atoms in total. The molecule has 0 aliphatic heterocycles. The molecule has 0 saturated heterocycles. The van der Waals surface area contributed by atoms with Gasteiger partial charge in [0.1, 0.15) is 5.75 Å². The monoisotopic (exact) mass is 242 g/mol. The fraction of sp³-hybridized carbons (Fsp3) is 0.417. The number of methoxy groups -OCH3 is 2. The van der Waals surface area contributed by atoms with E-state index in [1.807, 2.05) is 19.1 Å². The lowest BCUT2D eigenvalue weighted by molar-refractivity contribution is -0.139. The van der Waals surface area contributed by atoms with Crippen molar-refractivity contribution in [1.29, 1.82) is 0 Å². The van der Waals surface area contributed by atoms with Crippen LogP contribution in [0.15, 0.2) is 12.1 Å². The van der Waals surface area contributed by atoms with Crippen LogP contribution < -0.4 is 4.74 Å². The first kappa shape index (κ1) is 12.8. The molecule has 0 aliphatic rings. The van der Waals surface area contributed by atoms with E-state index in [1.54, 1.807) is 7.11 Å². The van der Waals surface area contributed by atoms with E-state index in [4.69, 9.17) is 16.3 Å². The quantitative estimate of drug-likeness (QED) is 0.601. The third-order valence-corrected chi connectivity index (χ3v) is 2.65. The molecule has 1 rings (SSSR count). The van der Waals surface area contributed by atoms with Gasteiger partial charge in [0.25, 0.3) is 0 Å². The number of ether oxygens (including phenoxy) is 2. The average molecular weight is 243 g/mol. The molecule has 1 aromatic rings. The lowest BCUT2D eigenvalue weighted by atomic mass is 10.0. The molecule has 0 amide bonds. The average Bonchev–Trinajstić information content (AvgIpc) is 2.30. The molecular formula is C12H15ClO3. The van der Waals surface area contributed by atoms with Gasteiger partial charge in [0, 0.05) is 11.4 Å². The Bertz CT molecular complexity index is 363. The zero-order chi connectivity index (χ0) is 12.1.